The van der Waals surface area contributed by atoms with Crippen molar-refractivity contribution in [2.45, 2.75) is 32.7 Å². The van der Waals surface area contributed by atoms with Crippen LogP contribution < -0.4 is 5.56 Å². The normalized spacial score (nSPS) is 11.2. The first-order valence-corrected chi connectivity index (χ1v) is 10.1. The molecule has 0 aliphatic rings. The van der Waals surface area contributed by atoms with Gasteiger partial charge in [0.2, 0.25) is 0 Å². The molecule has 1 aromatic carbocycles. The van der Waals surface area contributed by atoms with Gasteiger partial charge in [0.15, 0.2) is 5.65 Å². The van der Waals surface area contributed by atoms with Gasteiger partial charge in [0.05, 0.1) is 28.4 Å². The summed E-state index contributed by atoms with van der Waals surface area (Å²) in [5.74, 6) is 0. The highest BCUT2D eigenvalue weighted by molar-refractivity contribution is 7.09. The molecule has 0 unspecified atom stereocenters. The van der Waals surface area contributed by atoms with E-state index in [0.717, 1.165) is 30.0 Å². The smallest absolute Gasteiger partial charge is 0.292 e. The summed E-state index contributed by atoms with van der Waals surface area (Å²) < 4.78 is 2.80. The lowest BCUT2D eigenvalue weighted by molar-refractivity contribution is -0.384. The molecular formula is C19H18N6O3S. The Labute approximate surface area is 169 Å². The molecule has 29 heavy (non-hydrogen) atoms. The SMILES string of the molecule is CCCCc1nc(Cn2cnc3c(cnn3-c3ccccc3[N+](=O)[O-])c2=O)cs1. The molecular weight excluding hydrogens is 392 g/mol. The number of hydrogen-bond donors (Lipinski definition) is 0. The molecule has 4 aromatic rings. The third-order valence-electron chi connectivity index (χ3n) is 4.54. The zero-order valence-electron chi connectivity index (χ0n) is 15.7. The van der Waals surface area contributed by atoms with Gasteiger partial charge in [-0.05, 0) is 18.9 Å². The standard InChI is InChI=1S/C19H18N6O3S/c1-2-3-8-17-22-13(11-29-17)10-23-12-20-18-14(19(23)26)9-21-24(18)15-6-4-5-7-16(15)25(27)28/h4-7,9,11-12H,2-3,8,10H2,1H3. The number of nitro groups is 1. The zero-order chi connectivity index (χ0) is 20.4. The summed E-state index contributed by atoms with van der Waals surface area (Å²) in [5.41, 5.74) is 0.989. The first-order chi connectivity index (χ1) is 14.1. The summed E-state index contributed by atoms with van der Waals surface area (Å²) in [6.07, 6.45) is 5.97. The quantitative estimate of drug-likeness (QED) is 0.341. The van der Waals surface area contributed by atoms with Crippen LogP contribution in [0.3, 0.4) is 0 Å². The van der Waals surface area contributed by atoms with Crippen LogP contribution in [0.5, 0.6) is 0 Å². The minimum absolute atomic E-state index is 0.106. The van der Waals surface area contributed by atoms with E-state index in [1.165, 1.54) is 27.8 Å². The highest BCUT2D eigenvalue weighted by Crippen LogP contribution is 2.24. The Bertz CT molecular complexity index is 1240. The van der Waals surface area contributed by atoms with Gasteiger partial charge in [0, 0.05) is 11.4 Å². The number of fused-ring (bicyclic) bond motifs is 1. The maximum absolute atomic E-state index is 12.9. The van der Waals surface area contributed by atoms with Gasteiger partial charge in [-0.3, -0.25) is 19.5 Å². The Morgan fingerprint density at radius 1 is 1.28 bits per heavy atom. The lowest BCUT2D eigenvalue weighted by atomic mass is 10.2. The van der Waals surface area contributed by atoms with E-state index in [9.17, 15) is 14.9 Å². The third-order valence-corrected chi connectivity index (χ3v) is 5.49. The summed E-state index contributed by atoms with van der Waals surface area (Å²) in [6, 6.07) is 6.22. The van der Waals surface area contributed by atoms with Crippen molar-refractivity contribution in [3.05, 3.63) is 73.3 Å². The van der Waals surface area contributed by atoms with E-state index in [-0.39, 0.29) is 22.6 Å². The largest absolute Gasteiger partial charge is 0.294 e. The van der Waals surface area contributed by atoms with Gasteiger partial charge in [0.1, 0.15) is 17.4 Å². The van der Waals surface area contributed by atoms with Crippen LogP contribution in [0.1, 0.15) is 30.5 Å². The van der Waals surface area contributed by atoms with Crippen LogP contribution >= 0.6 is 11.3 Å². The Balaban J connectivity index is 1.69. The average Bonchev–Trinajstić information content (AvgIpc) is 3.35. The summed E-state index contributed by atoms with van der Waals surface area (Å²) >= 11 is 1.60. The molecule has 0 bridgehead atoms. The van der Waals surface area contributed by atoms with E-state index >= 15 is 0 Å². The van der Waals surface area contributed by atoms with Gasteiger partial charge in [-0.25, -0.2) is 14.6 Å². The molecule has 0 fully saturated rings. The Kier molecular flexibility index (Phi) is 5.17. The maximum atomic E-state index is 12.9. The van der Waals surface area contributed by atoms with Crippen LogP contribution in [0.25, 0.3) is 16.7 Å². The molecule has 0 saturated heterocycles. The number of aromatic nitrogens is 5. The second-order valence-electron chi connectivity index (χ2n) is 6.55. The van der Waals surface area contributed by atoms with Crippen molar-refractivity contribution >= 4 is 28.1 Å². The molecule has 4 rings (SSSR count). The summed E-state index contributed by atoms with van der Waals surface area (Å²) in [7, 11) is 0. The number of unbranched alkanes of at least 4 members (excludes halogenated alkanes) is 1. The van der Waals surface area contributed by atoms with E-state index in [1.54, 1.807) is 29.5 Å². The van der Waals surface area contributed by atoms with E-state index < -0.39 is 4.92 Å². The van der Waals surface area contributed by atoms with Gasteiger partial charge in [-0.1, -0.05) is 25.5 Å². The maximum Gasteiger partial charge on any atom is 0.294 e. The molecule has 0 aliphatic heterocycles. The molecule has 148 valence electrons. The molecule has 0 spiro atoms. The fraction of sp³-hybridized carbons (Fsp3) is 0.263. The topological polar surface area (TPSA) is 109 Å². The van der Waals surface area contributed by atoms with Crippen molar-refractivity contribution < 1.29 is 4.92 Å². The summed E-state index contributed by atoms with van der Waals surface area (Å²) in [4.78, 5) is 32.7. The fourth-order valence-electron chi connectivity index (χ4n) is 3.07. The molecule has 9 nitrogen and oxygen atoms in total. The summed E-state index contributed by atoms with van der Waals surface area (Å²) in [6.45, 7) is 2.46. The van der Waals surface area contributed by atoms with Crippen LogP contribution in [-0.2, 0) is 13.0 Å². The van der Waals surface area contributed by atoms with Gasteiger partial charge in [0.25, 0.3) is 11.2 Å². The molecule has 3 aromatic heterocycles. The lowest BCUT2D eigenvalue weighted by Crippen LogP contribution is -2.21. The summed E-state index contributed by atoms with van der Waals surface area (Å²) in [5, 5.41) is 18.8. The molecule has 0 N–H and O–H groups in total. The van der Waals surface area contributed by atoms with Crippen molar-refractivity contribution in [3.63, 3.8) is 0 Å². The minimum Gasteiger partial charge on any atom is -0.292 e. The van der Waals surface area contributed by atoms with Crippen LogP contribution in [0.15, 0.2) is 47.0 Å². The van der Waals surface area contributed by atoms with Crippen molar-refractivity contribution in [1.29, 1.82) is 0 Å². The molecule has 3 heterocycles. The van der Waals surface area contributed by atoms with Crippen molar-refractivity contribution in [1.82, 2.24) is 24.3 Å². The van der Waals surface area contributed by atoms with Crippen LogP contribution in [-0.4, -0.2) is 29.2 Å². The highest BCUT2D eigenvalue weighted by Gasteiger charge is 2.19. The van der Waals surface area contributed by atoms with Gasteiger partial charge in [-0.15, -0.1) is 11.3 Å². The average molecular weight is 410 g/mol. The molecule has 0 atom stereocenters. The van der Waals surface area contributed by atoms with E-state index in [4.69, 9.17) is 0 Å². The van der Waals surface area contributed by atoms with Crippen molar-refractivity contribution in [2.24, 2.45) is 0 Å². The monoisotopic (exact) mass is 410 g/mol. The number of aryl methyl sites for hydroxylation is 1. The minimum atomic E-state index is -0.484. The van der Waals surface area contributed by atoms with Crippen LogP contribution in [0, 0.1) is 10.1 Å². The number of hydrogen-bond acceptors (Lipinski definition) is 7. The number of nitrogens with zero attached hydrogens (tertiary/aromatic N) is 6. The Morgan fingerprint density at radius 3 is 2.90 bits per heavy atom. The molecule has 0 saturated carbocycles. The van der Waals surface area contributed by atoms with Gasteiger partial charge in [-0.2, -0.15) is 5.10 Å². The van der Waals surface area contributed by atoms with E-state index in [0.29, 0.717) is 11.9 Å². The Hall–Kier alpha value is -3.40. The molecule has 0 radical (unpaired) electrons. The van der Waals surface area contributed by atoms with E-state index in [2.05, 4.69) is 22.0 Å². The van der Waals surface area contributed by atoms with Crippen LogP contribution in [0.2, 0.25) is 0 Å². The second kappa shape index (κ2) is 7.92. The first-order valence-electron chi connectivity index (χ1n) is 9.18. The Morgan fingerprint density at radius 2 is 2.10 bits per heavy atom. The molecule has 0 amide bonds. The van der Waals surface area contributed by atoms with Gasteiger partial charge >= 0.3 is 0 Å². The second-order valence-corrected chi connectivity index (χ2v) is 7.50. The first kappa shape index (κ1) is 18.9. The number of thiazole rings is 1. The highest BCUT2D eigenvalue weighted by atomic mass is 32.1. The fourth-order valence-corrected chi connectivity index (χ4v) is 3.91. The van der Waals surface area contributed by atoms with Gasteiger partial charge < -0.3 is 0 Å². The number of benzene rings is 1. The predicted octanol–water partition coefficient (Wildman–Crippen LogP) is 3.34. The lowest BCUT2D eigenvalue weighted by Gasteiger charge is -2.05. The third kappa shape index (κ3) is 3.66. The zero-order valence-corrected chi connectivity index (χ0v) is 16.5. The molecule has 10 heteroatoms. The number of nitro benzene ring substituents is 1. The van der Waals surface area contributed by atoms with Crippen molar-refractivity contribution in [3.8, 4) is 5.69 Å². The van der Waals surface area contributed by atoms with E-state index in [1.807, 2.05) is 5.38 Å². The molecule has 0 aliphatic carbocycles. The predicted molar refractivity (Wildman–Crippen MR) is 110 cm³/mol. The number of para-hydroxylation sites is 2. The number of rotatable bonds is 7. The van der Waals surface area contributed by atoms with Crippen LogP contribution in [0.4, 0.5) is 5.69 Å². The van der Waals surface area contributed by atoms with Crippen molar-refractivity contribution in [2.75, 3.05) is 0 Å².